The Labute approximate surface area is 107 Å². The molecule has 0 amide bonds. The van der Waals surface area contributed by atoms with Gasteiger partial charge in [-0.05, 0) is 12.1 Å². The van der Waals surface area contributed by atoms with E-state index >= 15 is 0 Å². The summed E-state index contributed by atoms with van der Waals surface area (Å²) in [5.41, 5.74) is 0.945. The molecule has 16 heavy (non-hydrogen) atoms. The van der Waals surface area contributed by atoms with Crippen LogP contribution in [0.3, 0.4) is 0 Å². The molecule has 0 saturated heterocycles. The number of aliphatic hydroxyl groups is 1. The number of halogens is 3. The van der Waals surface area contributed by atoms with Crippen molar-refractivity contribution in [2.24, 2.45) is 0 Å². The van der Waals surface area contributed by atoms with Crippen molar-refractivity contribution in [3.05, 3.63) is 39.0 Å². The lowest BCUT2D eigenvalue weighted by molar-refractivity contribution is 0.229. The zero-order chi connectivity index (χ0) is 11.7. The Balaban J connectivity index is 2.58. The minimum absolute atomic E-state index is 0.233. The Morgan fingerprint density at radius 2 is 1.88 bits per heavy atom. The van der Waals surface area contributed by atoms with Crippen LogP contribution in [0.5, 0.6) is 0 Å². The van der Waals surface area contributed by atoms with Crippen LogP contribution < -0.4 is 0 Å². The summed E-state index contributed by atoms with van der Waals surface area (Å²) in [4.78, 5) is 0. The summed E-state index contributed by atoms with van der Waals surface area (Å²) < 4.78 is 4.86. The molecule has 0 aliphatic carbocycles. The van der Waals surface area contributed by atoms with Crippen LogP contribution in [0.1, 0.15) is 5.76 Å². The average molecular weight is 279 g/mol. The summed E-state index contributed by atoms with van der Waals surface area (Å²) in [6, 6.07) is 4.78. The molecule has 2 rings (SSSR count). The summed E-state index contributed by atoms with van der Waals surface area (Å²) >= 11 is 17.9. The van der Waals surface area contributed by atoms with Gasteiger partial charge in [-0.1, -0.05) is 40.0 Å². The minimum atomic E-state index is -0.233. The standard InChI is InChI=1S/C10H6Cl3NO2/c11-6-1-2-7(12)10(13)9(6)8-3-5(4-15)16-14-8/h1-3,15H,4H2. The Morgan fingerprint density at radius 3 is 2.50 bits per heavy atom. The minimum Gasteiger partial charge on any atom is -0.388 e. The molecular weight excluding hydrogens is 272 g/mol. The van der Waals surface area contributed by atoms with E-state index in [1.807, 2.05) is 0 Å². The van der Waals surface area contributed by atoms with Gasteiger partial charge in [0.05, 0.1) is 15.1 Å². The van der Waals surface area contributed by atoms with E-state index in [4.69, 9.17) is 44.4 Å². The third kappa shape index (κ3) is 2.04. The summed E-state index contributed by atoms with van der Waals surface area (Å²) in [5, 5.41) is 13.7. The quantitative estimate of drug-likeness (QED) is 0.850. The van der Waals surface area contributed by atoms with Crippen LogP contribution in [0.2, 0.25) is 15.1 Å². The molecule has 0 bridgehead atoms. The number of aromatic nitrogens is 1. The van der Waals surface area contributed by atoms with Gasteiger partial charge in [-0.2, -0.15) is 0 Å². The Hall–Kier alpha value is -0.740. The molecule has 6 heteroatoms. The second kappa shape index (κ2) is 4.63. The average Bonchev–Trinajstić information content (AvgIpc) is 2.73. The van der Waals surface area contributed by atoms with Gasteiger partial charge >= 0.3 is 0 Å². The molecule has 0 unspecified atom stereocenters. The third-order valence-corrected chi connectivity index (χ3v) is 3.13. The lowest BCUT2D eigenvalue weighted by Gasteiger charge is -2.04. The lowest BCUT2D eigenvalue weighted by atomic mass is 10.1. The fourth-order valence-electron chi connectivity index (χ4n) is 1.27. The topological polar surface area (TPSA) is 46.3 Å². The Kier molecular flexibility index (Phi) is 3.40. The highest BCUT2D eigenvalue weighted by Crippen LogP contribution is 2.38. The second-order valence-corrected chi connectivity index (χ2v) is 4.25. The van der Waals surface area contributed by atoms with Gasteiger partial charge in [-0.15, -0.1) is 0 Å². The van der Waals surface area contributed by atoms with Crippen LogP contribution >= 0.6 is 34.8 Å². The first kappa shape index (κ1) is 11.7. The molecule has 0 fully saturated rings. The molecule has 0 saturated carbocycles. The summed E-state index contributed by atoms with van der Waals surface area (Å²) in [7, 11) is 0. The molecule has 84 valence electrons. The van der Waals surface area contributed by atoms with Gasteiger partial charge in [-0.25, -0.2) is 0 Å². The molecule has 0 spiro atoms. The van der Waals surface area contributed by atoms with E-state index < -0.39 is 0 Å². The zero-order valence-electron chi connectivity index (χ0n) is 7.88. The van der Waals surface area contributed by atoms with Gasteiger partial charge < -0.3 is 9.63 Å². The summed E-state index contributed by atoms with van der Waals surface area (Å²) in [6.07, 6.45) is 0. The highest BCUT2D eigenvalue weighted by Gasteiger charge is 2.15. The van der Waals surface area contributed by atoms with E-state index in [-0.39, 0.29) is 6.61 Å². The highest BCUT2D eigenvalue weighted by molar-refractivity contribution is 6.46. The first-order valence-corrected chi connectivity index (χ1v) is 5.47. The van der Waals surface area contributed by atoms with Gasteiger partial charge in [0.15, 0.2) is 5.76 Å². The van der Waals surface area contributed by atoms with Gasteiger partial charge in [0, 0.05) is 11.6 Å². The molecule has 0 radical (unpaired) electrons. The van der Waals surface area contributed by atoms with Crippen molar-refractivity contribution >= 4 is 34.8 Å². The van der Waals surface area contributed by atoms with Crippen molar-refractivity contribution in [1.82, 2.24) is 5.16 Å². The van der Waals surface area contributed by atoms with E-state index in [9.17, 15) is 0 Å². The number of nitrogens with zero attached hydrogens (tertiary/aromatic N) is 1. The van der Waals surface area contributed by atoms with Gasteiger partial charge in [0.1, 0.15) is 12.3 Å². The predicted molar refractivity (Wildman–Crippen MR) is 62.9 cm³/mol. The highest BCUT2D eigenvalue weighted by atomic mass is 35.5. The number of hydrogen-bond donors (Lipinski definition) is 1. The first-order valence-electron chi connectivity index (χ1n) is 4.34. The van der Waals surface area contributed by atoms with Crippen LogP contribution in [0, 0.1) is 0 Å². The molecule has 0 atom stereocenters. The molecular formula is C10H6Cl3NO2. The Morgan fingerprint density at radius 1 is 1.19 bits per heavy atom. The fourth-order valence-corrected chi connectivity index (χ4v) is 1.99. The van der Waals surface area contributed by atoms with E-state index in [0.29, 0.717) is 32.1 Å². The zero-order valence-corrected chi connectivity index (χ0v) is 10.1. The van der Waals surface area contributed by atoms with Crippen molar-refractivity contribution in [2.45, 2.75) is 6.61 Å². The molecule has 1 N–H and O–H groups in total. The first-order chi connectivity index (χ1) is 7.63. The van der Waals surface area contributed by atoms with Gasteiger partial charge in [-0.3, -0.25) is 0 Å². The molecule has 2 aromatic rings. The number of aliphatic hydroxyl groups excluding tert-OH is 1. The smallest absolute Gasteiger partial charge is 0.162 e. The van der Waals surface area contributed by atoms with Gasteiger partial charge in [0.2, 0.25) is 0 Å². The van der Waals surface area contributed by atoms with Crippen molar-refractivity contribution in [3.63, 3.8) is 0 Å². The van der Waals surface area contributed by atoms with E-state index in [1.54, 1.807) is 18.2 Å². The van der Waals surface area contributed by atoms with Crippen LogP contribution in [0.4, 0.5) is 0 Å². The molecule has 3 nitrogen and oxygen atoms in total. The lowest BCUT2D eigenvalue weighted by Crippen LogP contribution is -1.82. The Bertz CT molecular complexity index is 525. The largest absolute Gasteiger partial charge is 0.388 e. The third-order valence-electron chi connectivity index (χ3n) is 2.01. The van der Waals surface area contributed by atoms with Crippen LogP contribution in [-0.2, 0) is 6.61 Å². The van der Waals surface area contributed by atoms with E-state index in [0.717, 1.165) is 0 Å². The molecule has 1 aromatic heterocycles. The van der Waals surface area contributed by atoms with Crippen LogP contribution in [0.15, 0.2) is 22.7 Å². The molecule has 1 aromatic carbocycles. The molecule has 0 aliphatic heterocycles. The number of hydrogen-bond acceptors (Lipinski definition) is 3. The van der Waals surface area contributed by atoms with E-state index in [1.165, 1.54) is 0 Å². The molecule has 1 heterocycles. The number of benzene rings is 1. The van der Waals surface area contributed by atoms with Crippen molar-refractivity contribution in [2.75, 3.05) is 0 Å². The number of rotatable bonds is 2. The maximum atomic E-state index is 8.87. The summed E-state index contributed by atoms with van der Waals surface area (Å²) in [5.74, 6) is 0.335. The normalized spacial score (nSPS) is 10.8. The molecule has 0 aliphatic rings. The second-order valence-electron chi connectivity index (χ2n) is 3.05. The van der Waals surface area contributed by atoms with Crippen molar-refractivity contribution in [1.29, 1.82) is 0 Å². The van der Waals surface area contributed by atoms with Crippen molar-refractivity contribution in [3.8, 4) is 11.3 Å². The van der Waals surface area contributed by atoms with Crippen LogP contribution in [0.25, 0.3) is 11.3 Å². The predicted octanol–water partition coefficient (Wildman–Crippen LogP) is 3.79. The van der Waals surface area contributed by atoms with Crippen molar-refractivity contribution < 1.29 is 9.63 Å². The summed E-state index contributed by atoms with van der Waals surface area (Å²) in [6.45, 7) is -0.233. The SMILES string of the molecule is OCc1cc(-c2c(Cl)ccc(Cl)c2Cl)no1. The fraction of sp³-hybridized carbons (Fsp3) is 0.100. The maximum absolute atomic E-state index is 8.87. The monoisotopic (exact) mass is 277 g/mol. The van der Waals surface area contributed by atoms with Gasteiger partial charge in [0.25, 0.3) is 0 Å². The maximum Gasteiger partial charge on any atom is 0.162 e. The van der Waals surface area contributed by atoms with E-state index in [2.05, 4.69) is 5.16 Å². The van der Waals surface area contributed by atoms with Crippen LogP contribution in [-0.4, -0.2) is 10.3 Å².